The minimum absolute atomic E-state index is 0.152. The smallest absolute Gasteiger partial charge is 0.249 e. The number of hydrogen-bond donors (Lipinski definition) is 1. The van der Waals surface area contributed by atoms with E-state index < -0.39 is 6.04 Å². The lowest BCUT2D eigenvalue weighted by Gasteiger charge is -2.16. The Bertz CT molecular complexity index is 963. The van der Waals surface area contributed by atoms with Crippen molar-refractivity contribution in [2.45, 2.75) is 39.8 Å². The lowest BCUT2D eigenvalue weighted by Crippen LogP contribution is -2.26. The second-order valence-corrected chi connectivity index (χ2v) is 7.19. The third-order valence-electron chi connectivity index (χ3n) is 4.49. The van der Waals surface area contributed by atoms with Gasteiger partial charge in [-0.2, -0.15) is 10.2 Å². The molecule has 8 heteroatoms. The summed E-state index contributed by atoms with van der Waals surface area (Å²) in [5.41, 5.74) is 3.30. The van der Waals surface area contributed by atoms with Crippen molar-refractivity contribution in [3.63, 3.8) is 0 Å². The molecule has 0 aliphatic rings. The summed E-state index contributed by atoms with van der Waals surface area (Å²) in [7, 11) is 0. The molecule has 1 unspecified atom stereocenters. The lowest BCUT2D eigenvalue weighted by molar-refractivity contribution is -0.119. The predicted molar refractivity (Wildman–Crippen MR) is 107 cm³/mol. The number of benzene rings is 1. The van der Waals surface area contributed by atoms with E-state index in [0.29, 0.717) is 28.7 Å². The van der Waals surface area contributed by atoms with Crippen LogP contribution in [0.25, 0.3) is 0 Å². The van der Waals surface area contributed by atoms with Gasteiger partial charge in [-0.3, -0.25) is 14.2 Å². The maximum absolute atomic E-state index is 12.8. The third kappa shape index (κ3) is 4.17. The van der Waals surface area contributed by atoms with E-state index in [2.05, 4.69) is 15.5 Å². The number of nitrogens with one attached hydrogen (secondary N) is 1. The molecule has 1 amide bonds. The first-order valence-electron chi connectivity index (χ1n) is 8.68. The van der Waals surface area contributed by atoms with Gasteiger partial charge >= 0.3 is 0 Å². The number of aromatic nitrogens is 4. The SMILES string of the molecule is CCC(C(=O)Nc1c(C)nn(Cc2ccccc2Cl)c1C)n1cc(Cl)cn1. The molecule has 27 heavy (non-hydrogen) atoms. The standard InChI is InChI=1S/C19H21Cl2N5O/c1-4-17(26-11-15(20)9-22-26)19(27)23-18-12(2)24-25(13(18)3)10-14-7-5-6-8-16(14)21/h5-9,11,17H,4,10H2,1-3H3,(H,23,27). The van der Waals surface area contributed by atoms with Crippen LogP contribution in [0.5, 0.6) is 0 Å². The number of nitrogens with zero attached hydrogens (tertiary/aromatic N) is 4. The Morgan fingerprint density at radius 1 is 1.26 bits per heavy atom. The molecule has 3 rings (SSSR count). The summed E-state index contributed by atoms with van der Waals surface area (Å²) in [5, 5.41) is 12.9. The summed E-state index contributed by atoms with van der Waals surface area (Å²) in [4.78, 5) is 12.8. The van der Waals surface area contributed by atoms with Gasteiger partial charge in [0, 0.05) is 11.2 Å². The molecule has 0 radical (unpaired) electrons. The molecular weight excluding hydrogens is 385 g/mol. The van der Waals surface area contributed by atoms with Gasteiger partial charge in [0.2, 0.25) is 5.91 Å². The molecule has 0 aliphatic heterocycles. The van der Waals surface area contributed by atoms with Crippen molar-refractivity contribution in [3.05, 3.63) is 63.7 Å². The fraction of sp³-hybridized carbons (Fsp3) is 0.316. The molecule has 2 heterocycles. The van der Waals surface area contributed by atoms with Crippen LogP contribution in [0.1, 0.15) is 36.3 Å². The molecule has 6 nitrogen and oxygen atoms in total. The van der Waals surface area contributed by atoms with E-state index in [4.69, 9.17) is 23.2 Å². The Labute approximate surface area is 168 Å². The van der Waals surface area contributed by atoms with Crippen LogP contribution in [0.3, 0.4) is 0 Å². The Balaban J connectivity index is 1.82. The van der Waals surface area contributed by atoms with Gasteiger partial charge in [0.25, 0.3) is 0 Å². The summed E-state index contributed by atoms with van der Waals surface area (Å²) in [6.45, 7) is 6.27. The summed E-state index contributed by atoms with van der Waals surface area (Å²) in [6.07, 6.45) is 3.77. The summed E-state index contributed by atoms with van der Waals surface area (Å²) in [5.74, 6) is -0.152. The molecule has 1 N–H and O–H groups in total. The van der Waals surface area contributed by atoms with Gasteiger partial charge < -0.3 is 5.32 Å². The summed E-state index contributed by atoms with van der Waals surface area (Å²) < 4.78 is 3.42. The Morgan fingerprint density at radius 3 is 2.63 bits per heavy atom. The molecule has 1 aromatic carbocycles. The highest BCUT2D eigenvalue weighted by Crippen LogP contribution is 2.24. The Morgan fingerprint density at radius 2 is 2.00 bits per heavy atom. The first-order valence-corrected chi connectivity index (χ1v) is 9.44. The van der Waals surface area contributed by atoms with E-state index in [1.54, 1.807) is 10.9 Å². The molecule has 0 saturated carbocycles. The van der Waals surface area contributed by atoms with Crippen LogP contribution in [0.15, 0.2) is 36.7 Å². The van der Waals surface area contributed by atoms with E-state index >= 15 is 0 Å². The van der Waals surface area contributed by atoms with Crippen LogP contribution in [-0.4, -0.2) is 25.5 Å². The fourth-order valence-corrected chi connectivity index (χ4v) is 3.34. The molecule has 0 aliphatic carbocycles. The molecule has 0 saturated heterocycles. The van der Waals surface area contributed by atoms with Crippen molar-refractivity contribution in [1.82, 2.24) is 19.6 Å². The molecule has 0 bridgehead atoms. The Kier molecular flexibility index (Phi) is 5.87. The van der Waals surface area contributed by atoms with Crippen LogP contribution in [0.4, 0.5) is 5.69 Å². The van der Waals surface area contributed by atoms with E-state index in [9.17, 15) is 4.79 Å². The molecular formula is C19H21Cl2N5O. The highest BCUT2D eigenvalue weighted by Gasteiger charge is 2.22. The molecule has 142 valence electrons. The number of halogens is 2. The second kappa shape index (κ2) is 8.15. The van der Waals surface area contributed by atoms with Gasteiger partial charge in [-0.25, -0.2) is 0 Å². The van der Waals surface area contributed by atoms with Gasteiger partial charge in [-0.15, -0.1) is 0 Å². The summed E-state index contributed by atoms with van der Waals surface area (Å²) in [6, 6.07) is 7.21. The van der Waals surface area contributed by atoms with Crippen molar-refractivity contribution < 1.29 is 4.79 Å². The van der Waals surface area contributed by atoms with Gasteiger partial charge in [0.1, 0.15) is 6.04 Å². The van der Waals surface area contributed by atoms with E-state index in [-0.39, 0.29) is 5.91 Å². The Hall–Kier alpha value is -2.31. The molecule has 0 spiro atoms. The fourth-order valence-electron chi connectivity index (χ4n) is 3.00. The largest absolute Gasteiger partial charge is 0.321 e. The van der Waals surface area contributed by atoms with Crippen LogP contribution < -0.4 is 5.32 Å². The number of carbonyl (C=O) groups is 1. The van der Waals surface area contributed by atoms with Crippen molar-refractivity contribution in [2.75, 3.05) is 5.32 Å². The molecule has 1 atom stereocenters. The third-order valence-corrected chi connectivity index (χ3v) is 5.05. The van der Waals surface area contributed by atoms with E-state index in [1.807, 2.05) is 49.7 Å². The zero-order valence-corrected chi connectivity index (χ0v) is 16.9. The molecule has 0 fully saturated rings. The van der Waals surface area contributed by atoms with Gasteiger partial charge in [-0.1, -0.05) is 48.3 Å². The second-order valence-electron chi connectivity index (χ2n) is 6.35. The number of hydrogen-bond acceptors (Lipinski definition) is 3. The van der Waals surface area contributed by atoms with Gasteiger partial charge in [0.05, 0.1) is 34.8 Å². The van der Waals surface area contributed by atoms with Crippen LogP contribution in [-0.2, 0) is 11.3 Å². The maximum Gasteiger partial charge on any atom is 0.249 e. The zero-order chi connectivity index (χ0) is 19.6. The number of rotatable bonds is 6. The van der Waals surface area contributed by atoms with E-state index in [1.165, 1.54) is 6.20 Å². The van der Waals surface area contributed by atoms with E-state index in [0.717, 1.165) is 17.0 Å². The predicted octanol–water partition coefficient (Wildman–Crippen LogP) is 4.64. The van der Waals surface area contributed by atoms with Crippen LogP contribution in [0.2, 0.25) is 10.0 Å². The molecule has 2 aromatic heterocycles. The minimum Gasteiger partial charge on any atom is -0.321 e. The number of anilines is 1. The van der Waals surface area contributed by atoms with Gasteiger partial charge in [-0.05, 0) is 31.9 Å². The quantitative estimate of drug-likeness (QED) is 0.649. The lowest BCUT2D eigenvalue weighted by atomic mass is 10.2. The van der Waals surface area contributed by atoms with Crippen LogP contribution in [0, 0.1) is 13.8 Å². The van der Waals surface area contributed by atoms with Crippen molar-refractivity contribution in [3.8, 4) is 0 Å². The monoisotopic (exact) mass is 405 g/mol. The summed E-state index contributed by atoms with van der Waals surface area (Å²) >= 11 is 12.2. The first-order chi connectivity index (χ1) is 12.9. The normalized spacial score (nSPS) is 12.2. The highest BCUT2D eigenvalue weighted by molar-refractivity contribution is 6.31. The number of carbonyl (C=O) groups excluding carboxylic acids is 1. The highest BCUT2D eigenvalue weighted by atomic mass is 35.5. The maximum atomic E-state index is 12.8. The zero-order valence-electron chi connectivity index (χ0n) is 15.4. The van der Waals surface area contributed by atoms with Crippen molar-refractivity contribution in [2.24, 2.45) is 0 Å². The van der Waals surface area contributed by atoms with Crippen molar-refractivity contribution in [1.29, 1.82) is 0 Å². The van der Waals surface area contributed by atoms with Crippen molar-refractivity contribution >= 4 is 34.8 Å². The minimum atomic E-state index is -0.441. The average Bonchev–Trinajstić information content (AvgIpc) is 3.16. The number of aryl methyl sites for hydroxylation is 1. The first kappa shape index (κ1) is 19.5. The topological polar surface area (TPSA) is 64.7 Å². The average molecular weight is 406 g/mol. The number of amides is 1. The molecule has 3 aromatic rings. The van der Waals surface area contributed by atoms with Gasteiger partial charge in [0.15, 0.2) is 0 Å². The van der Waals surface area contributed by atoms with Crippen LogP contribution >= 0.6 is 23.2 Å².